The smallest absolute Gasteiger partial charge is 0.224 e. The number of piperidine rings is 1. The predicted molar refractivity (Wildman–Crippen MR) is 108 cm³/mol. The lowest BCUT2D eigenvalue weighted by atomic mass is 9.94. The average molecular weight is 382 g/mol. The Kier molecular flexibility index (Phi) is 4.87. The lowest BCUT2D eigenvalue weighted by molar-refractivity contribution is -0.136. The molecule has 4 fully saturated rings. The van der Waals surface area contributed by atoms with Crippen molar-refractivity contribution in [1.29, 1.82) is 0 Å². The van der Waals surface area contributed by atoms with Gasteiger partial charge < -0.3 is 9.80 Å². The standard InChI is InChI=1S/C23H31N3O2/c27-22-6-3-10-24(22)11-9-23(28)26-15-17-7-8-20(26)16-25(14-17)21-12-18-4-1-2-5-19(18)13-21/h1-2,4-5,17,20-21H,3,6-16H2/t17-,20+/m0/s1. The summed E-state index contributed by atoms with van der Waals surface area (Å²) < 4.78 is 0. The van der Waals surface area contributed by atoms with Crippen molar-refractivity contribution >= 4 is 11.8 Å². The van der Waals surface area contributed by atoms with Crippen LogP contribution in [0.5, 0.6) is 0 Å². The molecule has 28 heavy (non-hydrogen) atoms. The van der Waals surface area contributed by atoms with Crippen LogP contribution in [-0.2, 0) is 22.4 Å². The molecule has 0 unspecified atom stereocenters. The van der Waals surface area contributed by atoms with E-state index in [4.69, 9.17) is 0 Å². The zero-order chi connectivity index (χ0) is 19.1. The highest BCUT2D eigenvalue weighted by atomic mass is 16.2. The van der Waals surface area contributed by atoms with Crippen LogP contribution < -0.4 is 0 Å². The summed E-state index contributed by atoms with van der Waals surface area (Å²) in [5.41, 5.74) is 3.01. The lowest BCUT2D eigenvalue weighted by Gasteiger charge is -2.37. The van der Waals surface area contributed by atoms with E-state index in [9.17, 15) is 9.59 Å². The molecule has 1 aliphatic carbocycles. The first kappa shape index (κ1) is 18.2. The minimum absolute atomic E-state index is 0.220. The third kappa shape index (κ3) is 3.45. The van der Waals surface area contributed by atoms with Gasteiger partial charge in [0.05, 0.1) is 0 Å². The number of likely N-dealkylation sites (tertiary alicyclic amines) is 1. The molecule has 4 saturated heterocycles. The van der Waals surface area contributed by atoms with E-state index in [1.807, 2.05) is 4.90 Å². The van der Waals surface area contributed by atoms with Crippen molar-refractivity contribution in [2.24, 2.45) is 5.92 Å². The Balaban J connectivity index is 1.22. The van der Waals surface area contributed by atoms with Crippen LogP contribution in [0.1, 0.15) is 43.2 Å². The summed E-state index contributed by atoms with van der Waals surface area (Å²) in [4.78, 5) is 31.5. The van der Waals surface area contributed by atoms with E-state index in [1.54, 1.807) is 0 Å². The molecule has 0 N–H and O–H groups in total. The zero-order valence-electron chi connectivity index (χ0n) is 16.7. The number of nitrogens with zero attached hydrogens (tertiary/aromatic N) is 3. The van der Waals surface area contributed by atoms with E-state index in [0.29, 0.717) is 37.4 Å². The summed E-state index contributed by atoms with van der Waals surface area (Å²) >= 11 is 0. The largest absolute Gasteiger partial charge is 0.342 e. The summed E-state index contributed by atoms with van der Waals surface area (Å²) in [7, 11) is 0. The molecule has 2 amide bonds. The van der Waals surface area contributed by atoms with Gasteiger partial charge in [-0.15, -0.1) is 0 Å². The molecule has 150 valence electrons. The maximum Gasteiger partial charge on any atom is 0.224 e. The summed E-state index contributed by atoms with van der Waals surface area (Å²) in [6, 6.07) is 9.80. The Labute approximate surface area is 167 Å². The minimum Gasteiger partial charge on any atom is -0.342 e. The number of rotatable bonds is 4. The molecule has 4 heterocycles. The monoisotopic (exact) mass is 381 g/mol. The van der Waals surface area contributed by atoms with Crippen molar-refractivity contribution in [1.82, 2.24) is 14.7 Å². The molecule has 2 bridgehead atoms. The number of carbonyl (C=O) groups is 2. The number of amides is 2. The van der Waals surface area contributed by atoms with Gasteiger partial charge in [-0.2, -0.15) is 0 Å². The third-order valence-corrected chi connectivity index (χ3v) is 7.37. The average Bonchev–Trinajstić information content (AvgIpc) is 3.21. The molecule has 2 atom stereocenters. The topological polar surface area (TPSA) is 43.9 Å². The summed E-state index contributed by atoms with van der Waals surface area (Å²) in [6.07, 6.45) is 6.77. The van der Waals surface area contributed by atoms with Gasteiger partial charge in [-0.3, -0.25) is 14.5 Å². The SMILES string of the molecule is O=C1CCCN1CCC(=O)N1C[C@H]2CC[C@@H]1CN(C1Cc3ccccc3C1)C2. The van der Waals surface area contributed by atoms with Gasteiger partial charge in [-0.1, -0.05) is 24.3 Å². The van der Waals surface area contributed by atoms with Crippen LogP contribution in [0.25, 0.3) is 0 Å². The fourth-order valence-corrected chi connectivity index (χ4v) is 5.83. The fourth-order valence-electron chi connectivity index (χ4n) is 5.83. The molecule has 0 radical (unpaired) electrons. The fraction of sp³-hybridized carbons (Fsp3) is 0.652. The first-order valence-electron chi connectivity index (χ1n) is 11.1. The van der Waals surface area contributed by atoms with E-state index >= 15 is 0 Å². The minimum atomic E-state index is 0.220. The number of hydrogen-bond donors (Lipinski definition) is 0. The van der Waals surface area contributed by atoms with Gasteiger partial charge in [0.15, 0.2) is 0 Å². The molecule has 5 nitrogen and oxygen atoms in total. The van der Waals surface area contributed by atoms with Crippen molar-refractivity contribution in [3.05, 3.63) is 35.4 Å². The Hall–Kier alpha value is -1.88. The molecule has 1 aromatic rings. The van der Waals surface area contributed by atoms with E-state index < -0.39 is 0 Å². The van der Waals surface area contributed by atoms with E-state index in [-0.39, 0.29) is 11.8 Å². The van der Waals surface area contributed by atoms with E-state index in [1.165, 1.54) is 17.5 Å². The highest BCUT2D eigenvalue weighted by Gasteiger charge is 2.40. The molecule has 5 aliphatic rings. The van der Waals surface area contributed by atoms with Crippen molar-refractivity contribution in [3.63, 3.8) is 0 Å². The van der Waals surface area contributed by atoms with Gasteiger partial charge in [0, 0.05) is 57.6 Å². The maximum absolute atomic E-state index is 13.0. The van der Waals surface area contributed by atoms with Crippen LogP contribution >= 0.6 is 0 Å². The molecule has 0 aromatic heterocycles. The zero-order valence-corrected chi connectivity index (χ0v) is 16.7. The van der Waals surface area contributed by atoms with Crippen LogP contribution in [0, 0.1) is 5.92 Å². The van der Waals surface area contributed by atoms with E-state index in [0.717, 1.165) is 51.9 Å². The summed E-state index contributed by atoms with van der Waals surface area (Å²) in [5, 5.41) is 0. The van der Waals surface area contributed by atoms with Crippen molar-refractivity contribution in [3.8, 4) is 0 Å². The molecule has 6 rings (SSSR count). The van der Waals surface area contributed by atoms with Gasteiger partial charge in [-0.25, -0.2) is 0 Å². The molecule has 1 aromatic carbocycles. The van der Waals surface area contributed by atoms with Crippen molar-refractivity contribution in [2.45, 2.75) is 57.0 Å². The number of fused-ring (bicyclic) bond motifs is 5. The Morgan fingerprint density at radius 1 is 1.00 bits per heavy atom. The maximum atomic E-state index is 13.0. The molecule has 5 heteroatoms. The van der Waals surface area contributed by atoms with Gasteiger partial charge >= 0.3 is 0 Å². The summed E-state index contributed by atoms with van der Waals surface area (Å²) in [5.74, 6) is 1.07. The highest BCUT2D eigenvalue weighted by molar-refractivity contribution is 5.80. The van der Waals surface area contributed by atoms with Crippen molar-refractivity contribution in [2.75, 3.05) is 32.7 Å². The first-order valence-corrected chi connectivity index (χ1v) is 11.1. The van der Waals surface area contributed by atoms with Crippen LogP contribution in [0.15, 0.2) is 24.3 Å². The van der Waals surface area contributed by atoms with E-state index in [2.05, 4.69) is 34.1 Å². The molecular weight excluding hydrogens is 350 g/mol. The Morgan fingerprint density at radius 3 is 2.50 bits per heavy atom. The van der Waals surface area contributed by atoms with Gasteiger partial charge in [0.1, 0.15) is 0 Å². The van der Waals surface area contributed by atoms with Crippen LogP contribution in [-0.4, -0.2) is 71.3 Å². The second-order valence-corrected chi connectivity index (χ2v) is 9.16. The van der Waals surface area contributed by atoms with Gasteiger partial charge in [0.25, 0.3) is 0 Å². The second kappa shape index (κ2) is 7.51. The molecule has 4 aliphatic heterocycles. The normalized spacial score (nSPS) is 28.1. The first-order chi connectivity index (χ1) is 13.7. The molecular formula is C23H31N3O2. The molecule has 0 saturated carbocycles. The number of carbonyl (C=O) groups excluding carboxylic acids is 2. The Bertz CT molecular complexity index is 739. The lowest BCUT2D eigenvalue weighted by Crippen LogP contribution is -2.48. The Morgan fingerprint density at radius 2 is 1.79 bits per heavy atom. The third-order valence-electron chi connectivity index (χ3n) is 7.37. The predicted octanol–water partition coefficient (Wildman–Crippen LogP) is 2.09. The van der Waals surface area contributed by atoms with Crippen LogP contribution in [0.4, 0.5) is 0 Å². The number of hydrogen-bond acceptors (Lipinski definition) is 3. The van der Waals surface area contributed by atoms with Crippen molar-refractivity contribution < 1.29 is 9.59 Å². The summed E-state index contributed by atoms with van der Waals surface area (Å²) in [6.45, 7) is 4.49. The highest BCUT2D eigenvalue weighted by Crippen LogP contribution is 2.33. The van der Waals surface area contributed by atoms with Crippen LogP contribution in [0.3, 0.4) is 0 Å². The van der Waals surface area contributed by atoms with Gasteiger partial charge in [-0.05, 0) is 49.1 Å². The quantitative estimate of drug-likeness (QED) is 0.802. The second-order valence-electron chi connectivity index (χ2n) is 9.16. The number of benzene rings is 1. The van der Waals surface area contributed by atoms with Gasteiger partial charge in [0.2, 0.25) is 11.8 Å². The van der Waals surface area contributed by atoms with Crippen LogP contribution in [0.2, 0.25) is 0 Å². The molecule has 0 spiro atoms.